The number of alkyl halides is 2. The maximum absolute atomic E-state index is 12.1. The normalized spacial score (nSPS) is 13.8. The summed E-state index contributed by atoms with van der Waals surface area (Å²) in [5, 5.41) is -3.55. The lowest BCUT2D eigenvalue weighted by Crippen LogP contribution is -2.26. The Labute approximate surface area is 52.8 Å². The number of halogens is 2. The molecule has 0 aromatic carbocycles. The van der Waals surface area contributed by atoms with Gasteiger partial charge in [-0.1, -0.05) is 6.92 Å². The predicted molar refractivity (Wildman–Crippen MR) is 30.1 cm³/mol. The van der Waals surface area contributed by atoms with Crippen LogP contribution in [0.3, 0.4) is 0 Å². The van der Waals surface area contributed by atoms with Gasteiger partial charge in [0.1, 0.15) is 0 Å². The highest BCUT2D eigenvalue weighted by Gasteiger charge is 2.38. The zero-order valence-corrected chi connectivity index (χ0v) is 6.00. The summed E-state index contributed by atoms with van der Waals surface area (Å²) < 4.78 is 44.4. The van der Waals surface area contributed by atoms with E-state index >= 15 is 0 Å². The molecule has 0 spiro atoms. The molecule has 5 heteroatoms. The molecule has 2 nitrogen and oxygen atoms in total. The second-order valence-corrected chi connectivity index (χ2v) is 3.90. The average molecular weight is 158 g/mol. The van der Waals surface area contributed by atoms with Crippen molar-refractivity contribution in [3.05, 3.63) is 0 Å². The first-order valence-electron chi connectivity index (χ1n) is 2.38. The number of sulfone groups is 1. The molecule has 0 radical (unpaired) electrons. The molecular formula is C4H8F2O2S. The van der Waals surface area contributed by atoms with Gasteiger partial charge in [0.2, 0.25) is 9.84 Å². The van der Waals surface area contributed by atoms with Crippen LogP contribution in [0.2, 0.25) is 0 Å². The molecule has 0 heterocycles. The van der Waals surface area contributed by atoms with E-state index in [-0.39, 0.29) is 0 Å². The topological polar surface area (TPSA) is 34.1 Å². The molecule has 0 N–H and O–H groups in total. The Balaban J connectivity index is 4.56. The fraction of sp³-hybridized carbons (Fsp3) is 1.00. The van der Waals surface area contributed by atoms with Gasteiger partial charge < -0.3 is 0 Å². The third-order valence-electron chi connectivity index (χ3n) is 0.954. The van der Waals surface area contributed by atoms with E-state index in [4.69, 9.17) is 0 Å². The van der Waals surface area contributed by atoms with Gasteiger partial charge in [0, 0.05) is 12.7 Å². The third kappa shape index (κ3) is 1.89. The molecule has 0 bridgehead atoms. The standard InChI is InChI=1S/C4H8F2O2S/c1-3-4(5,6)9(2,7)8/h3H2,1-2H3. The summed E-state index contributed by atoms with van der Waals surface area (Å²) >= 11 is 0. The van der Waals surface area contributed by atoms with Crippen LogP contribution in [0, 0.1) is 0 Å². The van der Waals surface area contributed by atoms with Crippen LogP contribution in [-0.4, -0.2) is 19.9 Å². The van der Waals surface area contributed by atoms with Gasteiger partial charge in [0.25, 0.3) is 0 Å². The Bertz CT molecular complexity index is 183. The first kappa shape index (κ1) is 8.81. The van der Waals surface area contributed by atoms with Gasteiger partial charge in [0.15, 0.2) is 0 Å². The lowest BCUT2D eigenvalue weighted by Gasteiger charge is -2.09. The first-order valence-corrected chi connectivity index (χ1v) is 4.28. The van der Waals surface area contributed by atoms with Crippen LogP contribution in [0.1, 0.15) is 13.3 Å². The van der Waals surface area contributed by atoms with Crippen LogP contribution in [0.4, 0.5) is 8.78 Å². The minimum atomic E-state index is -4.19. The molecule has 0 saturated heterocycles. The quantitative estimate of drug-likeness (QED) is 0.601. The van der Waals surface area contributed by atoms with Crippen LogP contribution in [-0.2, 0) is 9.84 Å². The molecule has 0 atom stereocenters. The highest BCUT2D eigenvalue weighted by molar-refractivity contribution is 7.91. The molecule has 56 valence electrons. The van der Waals surface area contributed by atoms with E-state index in [1.165, 1.54) is 0 Å². The SMILES string of the molecule is CCC(F)(F)S(C)(=O)=O. The Morgan fingerprint density at radius 1 is 1.44 bits per heavy atom. The number of hydrogen-bond acceptors (Lipinski definition) is 2. The summed E-state index contributed by atoms with van der Waals surface area (Å²) in [6, 6.07) is 0. The van der Waals surface area contributed by atoms with Crippen LogP contribution in [0.25, 0.3) is 0 Å². The fourth-order valence-electron chi connectivity index (χ4n) is 0.262. The zero-order valence-electron chi connectivity index (χ0n) is 5.19. The second kappa shape index (κ2) is 2.21. The van der Waals surface area contributed by atoms with Gasteiger partial charge in [-0.15, -0.1) is 0 Å². The van der Waals surface area contributed by atoms with Crippen LogP contribution >= 0.6 is 0 Å². The Hall–Kier alpha value is -0.190. The maximum Gasteiger partial charge on any atom is 0.345 e. The van der Waals surface area contributed by atoms with Gasteiger partial charge >= 0.3 is 5.25 Å². The molecule has 0 aromatic heterocycles. The molecule has 0 rings (SSSR count). The predicted octanol–water partition coefficient (Wildman–Crippen LogP) is 1.03. The minimum absolute atomic E-state index is 0.524. The summed E-state index contributed by atoms with van der Waals surface area (Å²) in [4.78, 5) is 0. The van der Waals surface area contributed by atoms with Crippen molar-refractivity contribution in [3.8, 4) is 0 Å². The fourth-order valence-corrected chi connectivity index (χ4v) is 0.787. The van der Waals surface area contributed by atoms with Gasteiger partial charge in [0.05, 0.1) is 0 Å². The summed E-state index contributed by atoms with van der Waals surface area (Å²) in [6.07, 6.45) is -0.137. The van der Waals surface area contributed by atoms with Crippen molar-refractivity contribution in [2.24, 2.45) is 0 Å². The summed E-state index contributed by atoms with van der Waals surface area (Å²) in [5.41, 5.74) is 0. The van der Waals surface area contributed by atoms with Crippen molar-refractivity contribution < 1.29 is 17.2 Å². The molecule has 0 fully saturated rings. The third-order valence-corrected chi connectivity index (χ3v) is 2.33. The van der Waals surface area contributed by atoms with Crippen molar-refractivity contribution in [2.75, 3.05) is 6.26 Å². The largest absolute Gasteiger partial charge is 0.345 e. The smallest absolute Gasteiger partial charge is 0.223 e. The molecular weight excluding hydrogens is 150 g/mol. The lowest BCUT2D eigenvalue weighted by molar-refractivity contribution is 0.0887. The van der Waals surface area contributed by atoms with Crippen molar-refractivity contribution in [3.63, 3.8) is 0 Å². The Morgan fingerprint density at radius 2 is 1.78 bits per heavy atom. The summed E-state index contributed by atoms with van der Waals surface area (Å²) in [6.45, 7) is 1.13. The van der Waals surface area contributed by atoms with Crippen LogP contribution in [0.5, 0.6) is 0 Å². The molecule has 0 aliphatic heterocycles. The molecule has 0 unspecified atom stereocenters. The van der Waals surface area contributed by atoms with E-state index in [0.29, 0.717) is 6.26 Å². The van der Waals surface area contributed by atoms with Crippen molar-refractivity contribution in [1.82, 2.24) is 0 Å². The zero-order chi connectivity index (χ0) is 7.71. The highest BCUT2D eigenvalue weighted by atomic mass is 32.2. The minimum Gasteiger partial charge on any atom is -0.223 e. The summed E-state index contributed by atoms with van der Waals surface area (Å²) in [5.74, 6) is 0. The number of hydrogen-bond donors (Lipinski definition) is 0. The van der Waals surface area contributed by atoms with Crippen LogP contribution in [0.15, 0.2) is 0 Å². The monoisotopic (exact) mass is 158 g/mol. The van der Waals surface area contributed by atoms with Crippen LogP contribution < -0.4 is 0 Å². The van der Waals surface area contributed by atoms with E-state index in [9.17, 15) is 17.2 Å². The Morgan fingerprint density at radius 3 is 1.78 bits per heavy atom. The maximum atomic E-state index is 12.1. The first-order chi connectivity index (χ1) is 3.81. The molecule has 9 heavy (non-hydrogen) atoms. The summed E-state index contributed by atoms with van der Waals surface area (Å²) in [7, 11) is -4.19. The molecule has 0 aliphatic rings. The molecule has 0 aliphatic carbocycles. The van der Waals surface area contributed by atoms with Gasteiger partial charge in [-0.05, 0) is 0 Å². The molecule has 0 saturated carbocycles. The number of rotatable bonds is 2. The van der Waals surface area contributed by atoms with Crippen molar-refractivity contribution in [1.29, 1.82) is 0 Å². The second-order valence-electron chi connectivity index (χ2n) is 1.76. The molecule has 0 amide bonds. The van der Waals surface area contributed by atoms with Crippen molar-refractivity contribution >= 4 is 9.84 Å². The highest BCUT2D eigenvalue weighted by Crippen LogP contribution is 2.23. The van der Waals surface area contributed by atoms with Gasteiger partial charge in [-0.3, -0.25) is 0 Å². The van der Waals surface area contributed by atoms with E-state index in [0.717, 1.165) is 6.92 Å². The Kier molecular flexibility index (Phi) is 2.16. The van der Waals surface area contributed by atoms with Crippen molar-refractivity contribution in [2.45, 2.75) is 18.6 Å². The lowest BCUT2D eigenvalue weighted by atomic mass is 10.5. The van der Waals surface area contributed by atoms with E-state index < -0.39 is 21.5 Å². The van der Waals surface area contributed by atoms with Gasteiger partial charge in [-0.25, -0.2) is 8.42 Å². The molecule has 0 aromatic rings. The van der Waals surface area contributed by atoms with E-state index in [2.05, 4.69) is 0 Å². The van der Waals surface area contributed by atoms with E-state index in [1.54, 1.807) is 0 Å². The average Bonchev–Trinajstić information content (AvgIpc) is 1.64. The van der Waals surface area contributed by atoms with E-state index in [1.807, 2.05) is 0 Å². The van der Waals surface area contributed by atoms with Gasteiger partial charge in [-0.2, -0.15) is 8.78 Å².